The zero-order valence-electron chi connectivity index (χ0n) is 11.9. The maximum Gasteiger partial charge on any atom is 0.251 e. The van der Waals surface area contributed by atoms with E-state index in [-0.39, 0.29) is 5.56 Å². The molecule has 21 heavy (non-hydrogen) atoms. The summed E-state index contributed by atoms with van der Waals surface area (Å²) >= 11 is 5.01. The van der Waals surface area contributed by atoms with E-state index in [1.807, 2.05) is 12.1 Å². The minimum atomic E-state index is -0.105. The molecule has 0 atom stereocenters. The first-order valence-electron chi connectivity index (χ1n) is 6.89. The van der Waals surface area contributed by atoms with Gasteiger partial charge in [-0.05, 0) is 53.0 Å². The SMILES string of the molecule is CCCc1cc(=O)[nH]c(Sc2ccc(CCN)cc2Br)n1. The first-order valence-corrected chi connectivity index (χ1v) is 8.50. The van der Waals surface area contributed by atoms with E-state index in [2.05, 4.69) is 38.9 Å². The average Bonchev–Trinajstić information content (AvgIpc) is 2.42. The number of H-pyrrole nitrogens is 1. The summed E-state index contributed by atoms with van der Waals surface area (Å²) < 4.78 is 0.988. The number of nitrogens with zero attached hydrogens (tertiary/aromatic N) is 1. The molecule has 0 fully saturated rings. The Kier molecular flexibility index (Phi) is 6.02. The average molecular weight is 368 g/mol. The number of aromatic amines is 1. The van der Waals surface area contributed by atoms with E-state index in [1.165, 1.54) is 17.3 Å². The predicted octanol–water partition coefficient (Wildman–Crippen LogP) is 3.14. The lowest BCUT2D eigenvalue weighted by molar-refractivity contribution is 0.816. The van der Waals surface area contributed by atoms with E-state index in [9.17, 15) is 4.79 Å². The summed E-state index contributed by atoms with van der Waals surface area (Å²) in [6.07, 6.45) is 2.64. The fraction of sp³-hybridized carbons (Fsp3) is 0.333. The number of benzene rings is 1. The molecule has 4 nitrogen and oxygen atoms in total. The van der Waals surface area contributed by atoms with Gasteiger partial charge >= 0.3 is 0 Å². The fourth-order valence-electron chi connectivity index (χ4n) is 1.97. The van der Waals surface area contributed by atoms with Crippen molar-refractivity contribution < 1.29 is 0 Å². The number of aromatic nitrogens is 2. The van der Waals surface area contributed by atoms with Gasteiger partial charge in [0.2, 0.25) is 0 Å². The van der Waals surface area contributed by atoms with Crippen molar-refractivity contribution in [3.05, 3.63) is 50.3 Å². The second kappa shape index (κ2) is 7.77. The molecule has 0 amide bonds. The van der Waals surface area contributed by atoms with Crippen LogP contribution >= 0.6 is 27.7 Å². The summed E-state index contributed by atoms with van der Waals surface area (Å²) in [7, 11) is 0. The van der Waals surface area contributed by atoms with E-state index >= 15 is 0 Å². The van der Waals surface area contributed by atoms with Gasteiger partial charge in [0.1, 0.15) is 0 Å². The summed E-state index contributed by atoms with van der Waals surface area (Å²) in [6.45, 7) is 2.70. The molecule has 112 valence electrons. The lowest BCUT2D eigenvalue weighted by Crippen LogP contribution is -2.09. The van der Waals surface area contributed by atoms with E-state index in [0.717, 1.165) is 34.3 Å². The smallest absolute Gasteiger partial charge is 0.251 e. The van der Waals surface area contributed by atoms with Crippen LogP contribution in [-0.2, 0) is 12.8 Å². The lowest BCUT2D eigenvalue weighted by Gasteiger charge is -2.07. The topological polar surface area (TPSA) is 71.8 Å². The zero-order chi connectivity index (χ0) is 15.2. The molecule has 3 N–H and O–H groups in total. The molecule has 0 radical (unpaired) electrons. The largest absolute Gasteiger partial charge is 0.330 e. The van der Waals surface area contributed by atoms with Crippen LogP contribution in [0.1, 0.15) is 24.6 Å². The van der Waals surface area contributed by atoms with Crippen LogP contribution < -0.4 is 11.3 Å². The summed E-state index contributed by atoms with van der Waals surface area (Å²) in [5.74, 6) is 0. The molecule has 0 bridgehead atoms. The number of hydrogen-bond donors (Lipinski definition) is 2. The van der Waals surface area contributed by atoms with Crippen LogP contribution in [0.4, 0.5) is 0 Å². The van der Waals surface area contributed by atoms with Gasteiger partial charge in [-0.25, -0.2) is 4.98 Å². The highest BCUT2D eigenvalue weighted by Gasteiger charge is 2.07. The van der Waals surface area contributed by atoms with Crippen LogP contribution in [0.25, 0.3) is 0 Å². The molecule has 0 saturated heterocycles. The van der Waals surface area contributed by atoms with E-state index in [0.29, 0.717) is 11.7 Å². The molecule has 0 aliphatic rings. The quantitative estimate of drug-likeness (QED) is 0.769. The Morgan fingerprint density at radius 3 is 2.81 bits per heavy atom. The van der Waals surface area contributed by atoms with Crippen molar-refractivity contribution in [2.75, 3.05) is 6.54 Å². The van der Waals surface area contributed by atoms with E-state index in [4.69, 9.17) is 5.73 Å². The van der Waals surface area contributed by atoms with Crippen molar-refractivity contribution >= 4 is 27.7 Å². The number of nitrogens with one attached hydrogen (secondary N) is 1. The fourth-order valence-corrected chi connectivity index (χ4v) is 3.45. The van der Waals surface area contributed by atoms with Crippen LogP contribution in [0.5, 0.6) is 0 Å². The normalized spacial score (nSPS) is 10.8. The predicted molar refractivity (Wildman–Crippen MR) is 89.9 cm³/mol. The monoisotopic (exact) mass is 367 g/mol. The van der Waals surface area contributed by atoms with Crippen molar-refractivity contribution in [2.24, 2.45) is 5.73 Å². The van der Waals surface area contributed by atoms with Crippen molar-refractivity contribution in [1.29, 1.82) is 0 Å². The molecular formula is C15H18BrN3OS. The first kappa shape index (κ1) is 16.3. The molecule has 0 saturated carbocycles. The van der Waals surface area contributed by atoms with Crippen LogP contribution in [0, 0.1) is 0 Å². The number of rotatable bonds is 6. The molecule has 1 aromatic carbocycles. The van der Waals surface area contributed by atoms with Gasteiger partial charge in [0.15, 0.2) is 5.16 Å². The number of aryl methyl sites for hydroxylation is 1. The molecule has 0 spiro atoms. The van der Waals surface area contributed by atoms with Gasteiger partial charge in [0.25, 0.3) is 5.56 Å². The van der Waals surface area contributed by atoms with Crippen molar-refractivity contribution in [3.8, 4) is 0 Å². The molecule has 1 aromatic heterocycles. The highest BCUT2D eigenvalue weighted by atomic mass is 79.9. The summed E-state index contributed by atoms with van der Waals surface area (Å²) in [5, 5.41) is 0.623. The third-order valence-electron chi connectivity index (χ3n) is 2.92. The van der Waals surface area contributed by atoms with Gasteiger partial charge in [0, 0.05) is 21.1 Å². The molecule has 0 aliphatic heterocycles. The zero-order valence-corrected chi connectivity index (χ0v) is 14.3. The highest BCUT2D eigenvalue weighted by molar-refractivity contribution is 9.10. The third-order valence-corrected chi connectivity index (χ3v) is 4.80. The summed E-state index contributed by atoms with van der Waals surface area (Å²) in [4.78, 5) is 19.9. The Balaban J connectivity index is 2.23. The second-order valence-electron chi connectivity index (χ2n) is 4.70. The Bertz CT molecular complexity index is 672. The maximum absolute atomic E-state index is 11.7. The third kappa shape index (κ3) is 4.69. The Labute approximate surface area is 136 Å². The van der Waals surface area contributed by atoms with Gasteiger partial charge in [-0.2, -0.15) is 0 Å². The second-order valence-corrected chi connectivity index (χ2v) is 6.58. The van der Waals surface area contributed by atoms with Crippen LogP contribution in [0.15, 0.2) is 43.6 Å². The van der Waals surface area contributed by atoms with E-state index in [1.54, 1.807) is 6.07 Å². The van der Waals surface area contributed by atoms with Gasteiger partial charge in [-0.3, -0.25) is 4.79 Å². The number of nitrogens with two attached hydrogens (primary N) is 1. The maximum atomic E-state index is 11.7. The lowest BCUT2D eigenvalue weighted by atomic mass is 10.2. The molecule has 0 unspecified atom stereocenters. The number of halogens is 1. The Morgan fingerprint density at radius 1 is 1.33 bits per heavy atom. The molecule has 1 heterocycles. The summed E-state index contributed by atoms with van der Waals surface area (Å²) in [6, 6.07) is 7.69. The minimum Gasteiger partial charge on any atom is -0.330 e. The van der Waals surface area contributed by atoms with Crippen LogP contribution in [0.2, 0.25) is 0 Å². The molecule has 0 aliphatic carbocycles. The summed E-state index contributed by atoms with van der Waals surface area (Å²) in [5.41, 5.74) is 7.48. The molecule has 6 heteroatoms. The van der Waals surface area contributed by atoms with Crippen molar-refractivity contribution in [1.82, 2.24) is 9.97 Å². The van der Waals surface area contributed by atoms with Gasteiger partial charge in [-0.1, -0.05) is 31.2 Å². The van der Waals surface area contributed by atoms with Crippen LogP contribution in [-0.4, -0.2) is 16.5 Å². The number of hydrogen-bond acceptors (Lipinski definition) is 4. The van der Waals surface area contributed by atoms with Crippen molar-refractivity contribution in [3.63, 3.8) is 0 Å². The first-order chi connectivity index (χ1) is 10.1. The minimum absolute atomic E-state index is 0.105. The Morgan fingerprint density at radius 2 is 2.14 bits per heavy atom. The highest BCUT2D eigenvalue weighted by Crippen LogP contribution is 2.32. The molecule has 2 rings (SSSR count). The van der Waals surface area contributed by atoms with Gasteiger partial charge < -0.3 is 10.7 Å². The van der Waals surface area contributed by atoms with Gasteiger partial charge in [0.05, 0.1) is 0 Å². The van der Waals surface area contributed by atoms with E-state index < -0.39 is 0 Å². The van der Waals surface area contributed by atoms with Gasteiger partial charge in [-0.15, -0.1) is 0 Å². The van der Waals surface area contributed by atoms with Crippen LogP contribution in [0.3, 0.4) is 0 Å². The molecule has 2 aromatic rings. The Hall–Kier alpha value is -1.11. The molecular weight excluding hydrogens is 350 g/mol. The standard InChI is InChI=1S/C15H18BrN3OS/c1-2-3-11-9-14(20)19-15(18-11)21-13-5-4-10(6-7-17)8-12(13)16/h4-5,8-9H,2-3,6-7,17H2,1H3,(H,18,19,20). The van der Waals surface area contributed by atoms with Crippen molar-refractivity contribution in [2.45, 2.75) is 36.2 Å².